The number of halogens is 1. The molecule has 1 aliphatic rings. The monoisotopic (exact) mass is 420 g/mol. The van der Waals surface area contributed by atoms with Crippen LogP contribution in [0.4, 0.5) is 0 Å². The van der Waals surface area contributed by atoms with Crippen LogP contribution >= 0.6 is 11.6 Å². The molecule has 0 amide bonds. The van der Waals surface area contributed by atoms with E-state index in [1.807, 2.05) is 0 Å². The molecule has 0 bridgehead atoms. The predicted molar refractivity (Wildman–Crippen MR) is 131 cm³/mol. The van der Waals surface area contributed by atoms with Crippen LogP contribution in [0, 0.1) is 17.8 Å². The largest absolute Gasteiger partial charge is 0.0945 e. The van der Waals surface area contributed by atoms with E-state index in [2.05, 4.69) is 68.2 Å². The summed E-state index contributed by atoms with van der Waals surface area (Å²) in [6.45, 7) is 4.49. The minimum atomic E-state index is 0.521. The van der Waals surface area contributed by atoms with Gasteiger partial charge in [-0.15, -0.1) is 0 Å². The van der Waals surface area contributed by atoms with Gasteiger partial charge in [0, 0.05) is 16.5 Å². The number of hydrogen-bond donors (Lipinski definition) is 0. The molecule has 2 aromatic rings. The van der Waals surface area contributed by atoms with E-state index in [1.165, 1.54) is 80.9 Å². The number of hydrogen-bond acceptors (Lipinski definition) is 0. The summed E-state index contributed by atoms with van der Waals surface area (Å²) in [5, 5.41) is 0.883. The number of rotatable bonds is 8. The normalized spacial score (nSPS) is 18.6. The highest BCUT2D eigenvalue weighted by molar-refractivity contribution is 6.31. The molecule has 3 rings (SSSR count). The van der Waals surface area contributed by atoms with Crippen molar-refractivity contribution in [3.05, 3.63) is 69.7 Å². The van der Waals surface area contributed by atoms with Crippen molar-refractivity contribution in [3.8, 4) is 11.8 Å². The first-order chi connectivity index (χ1) is 14.7. The average molecular weight is 421 g/mol. The first-order valence-electron chi connectivity index (χ1n) is 12.1. The zero-order valence-electron chi connectivity index (χ0n) is 18.9. The van der Waals surface area contributed by atoms with Crippen molar-refractivity contribution in [2.45, 2.75) is 90.4 Å². The van der Waals surface area contributed by atoms with Gasteiger partial charge in [-0.1, -0.05) is 93.3 Å². The van der Waals surface area contributed by atoms with Gasteiger partial charge in [0.15, 0.2) is 0 Å². The summed E-state index contributed by atoms with van der Waals surface area (Å²) in [7, 11) is 0. The maximum atomic E-state index is 6.51. The smallest absolute Gasteiger partial charge is 0.0450 e. The van der Waals surface area contributed by atoms with Crippen LogP contribution in [0.5, 0.6) is 0 Å². The summed E-state index contributed by atoms with van der Waals surface area (Å²) in [5.74, 6) is 8.16. The molecule has 0 aliphatic heterocycles. The number of aryl methyl sites for hydroxylation is 2. The Morgan fingerprint density at radius 2 is 1.60 bits per heavy atom. The summed E-state index contributed by atoms with van der Waals surface area (Å²) in [4.78, 5) is 0. The number of unbranched alkanes of at least 4 members (excludes halogenated alkanes) is 3. The zero-order chi connectivity index (χ0) is 21.2. The van der Waals surface area contributed by atoms with Gasteiger partial charge in [-0.2, -0.15) is 0 Å². The van der Waals surface area contributed by atoms with Gasteiger partial charge in [0.25, 0.3) is 0 Å². The van der Waals surface area contributed by atoms with Crippen molar-refractivity contribution >= 4 is 11.6 Å². The Balaban J connectivity index is 1.50. The van der Waals surface area contributed by atoms with E-state index >= 15 is 0 Å². The summed E-state index contributed by atoms with van der Waals surface area (Å²) in [6.07, 6.45) is 13.5. The summed E-state index contributed by atoms with van der Waals surface area (Å²) < 4.78 is 0. The average Bonchev–Trinajstić information content (AvgIpc) is 2.77. The topological polar surface area (TPSA) is 0 Å². The molecule has 2 aromatic carbocycles. The second kappa shape index (κ2) is 12.2. The molecule has 0 nitrogen and oxygen atoms in total. The van der Waals surface area contributed by atoms with Crippen molar-refractivity contribution in [1.29, 1.82) is 0 Å². The van der Waals surface area contributed by atoms with Crippen LogP contribution < -0.4 is 0 Å². The Hall–Kier alpha value is -1.71. The lowest BCUT2D eigenvalue weighted by molar-refractivity contribution is 0.384. The predicted octanol–water partition coefficient (Wildman–Crippen LogP) is 8.74. The molecule has 0 spiro atoms. The van der Waals surface area contributed by atoms with Crippen molar-refractivity contribution in [1.82, 2.24) is 0 Å². The van der Waals surface area contributed by atoms with Crippen molar-refractivity contribution < 1.29 is 0 Å². The van der Waals surface area contributed by atoms with Gasteiger partial charge in [-0.3, -0.25) is 0 Å². The zero-order valence-corrected chi connectivity index (χ0v) is 19.6. The van der Waals surface area contributed by atoms with Gasteiger partial charge in [0.1, 0.15) is 0 Å². The van der Waals surface area contributed by atoms with Gasteiger partial charge < -0.3 is 0 Å². The van der Waals surface area contributed by atoms with Crippen LogP contribution in [0.2, 0.25) is 5.02 Å². The van der Waals surface area contributed by atoms with E-state index in [0.29, 0.717) is 11.8 Å². The van der Waals surface area contributed by atoms with Gasteiger partial charge in [-0.25, -0.2) is 0 Å². The van der Waals surface area contributed by atoms with Crippen molar-refractivity contribution in [2.75, 3.05) is 0 Å². The highest BCUT2D eigenvalue weighted by Gasteiger charge is 2.21. The molecule has 0 N–H and O–H groups in total. The van der Waals surface area contributed by atoms with Gasteiger partial charge in [-0.05, 0) is 79.7 Å². The van der Waals surface area contributed by atoms with Crippen LogP contribution in [0.1, 0.15) is 99.8 Å². The lowest BCUT2D eigenvalue weighted by Gasteiger charge is -2.26. The van der Waals surface area contributed by atoms with E-state index in [0.717, 1.165) is 17.0 Å². The summed E-state index contributed by atoms with van der Waals surface area (Å²) >= 11 is 6.51. The highest BCUT2D eigenvalue weighted by Crippen LogP contribution is 2.35. The van der Waals surface area contributed by atoms with Gasteiger partial charge in [0.2, 0.25) is 0 Å². The van der Waals surface area contributed by atoms with Crippen LogP contribution in [-0.2, 0) is 12.8 Å². The molecule has 0 saturated heterocycles. The summed E-state index contributed by atoms with van der Waals surface area (Å²) in [5.41, 5.74) is 5.31. The number of benzene rings is 2. The van der Waals surface area contributed by atoms with Crippen LogP contribution in [0.3, 0.4) is 0 Å². The highest BCUT2D eigenvalue weighted by atomic mass is 35.5. The molecule has 1 aliphatic carbocycles. The fourth-order valence-electron chi connectivity index (χ4n) is 4.57. The maximum Gasteiger partial charge on any atom is 0.0450 e. The van der Waals surface area contributed by atoms with Crippen molar-refractivity contribution in [3.63, 3.8) is 0 Å². The molecule has 30 heavy (non-hydrogen) atoms. The molecule has 0 aromatic heterocycles. The second-order valence-electron chi connectivity index (χ2n) is 8.93. The molecular weight excluding hydrogens is 384 g/mol. The second-order valence-corrected chi connectivity index (χ2v) is 9.33. The van der Waals surface area contributed by atoms with Crippen LogP contribution in [0.25, 0.3) is 0 Å². The van der Waals surface area contributed by atoms with E-state index in [1.54, 1.807) is 0 Å². The van der Waals surface area contributed by atoms with Crippen LogP contribution in [0.15, 0.2) is 42.5 Å². The first-order valence-corrected chi connectivity index (χ1v) is 12.5. The van der Waals surface area contributed by atoms with Gasteiger partial charge in [0.05, 0.1) is 0 Å². The molecular formula is C29H37Cl. The van der Waals surface area contributed by atoms with Crippen molar-refractivity contribution in [2.24, 2.45) is 5.92 Å². The Bertz CT molecular complexity index is 829. The molecule has 1 fully saturated rings. The van der Waals surface area contributed by atoms with E-state index < -0.39 is 0 Å². The minimum absolute atomic E-state index is 0.521. The lowest BCUT2D eigenvalue weighted by Crippen LogP contribution is -2.12. The van der Waals surface area contributed by atoms with Gasteiger partial charge >= 0.3 is 0 Å². The maximum absolute atomic E-state index is 6.51. The Morgan fingerprint density at radius 1 is 0.833 bits per heavy atom. The van der Waals surface area contributed by atoms with Crippen LogP contribution in [-0.4, -0.2) is 0 Å². The molecule has 160 valence electrons. The quantitative estimate of drug-likeness (QED) is 0.295. The SMILES string of the molecule is CCCCCCc1ccc(C#C[C@H]2CC[C@H](c3ccc(CCC)cc3)CC2)cc1Cl. The standard InChI is InChI=1S/C29H37Cl/c1-3-5-6-7-9-28-21-16-25(22-29(28)30)11-10-24-14-19-27(20-15-24)26-17-12-23(8-4-2)13-18-26/h12-13,16-18,21-22,24,27H,3-9,14-15,19-20H2,1-2H3/t24-,27-. The third kappa shape index (κ3) is 6.92. The lowest BCUT2D eigenvalue weighted by atomic mass is 9.78. The van der Waals surface area contributed by atoms with E-state index in [9.17, 15) is 0 Å². The molecule has 1 saturated carbocycles. The molecule has 1 heteroatoms. The molecule has 0 unspecified atom stereocenters. The fourth-order valence-corrected chi connectivity index (χ4v) is 4.85. The van der Waals surface area contributed by atoms with E-state index in [-0.39, 0.29) is 0 Å². The molecule has 0 heterocycles. The summed E-state index contributed by atoms with van der Waals surface area (Å²) in [6, 6.07) is 15.7. The first kappa shape index (κ1) is 23.0. The Kier molecular flexibility index (Phi) is 9.35. The third-order valence-electron chi connectivity index (χ3n) is 6.49. The fraction of sp³-hybridized carbons (Fsp3) is 0.517. The minimum Gasteiger partial charge on any atom is -0.0945 e. The third-order valence-corrected chi connectivity index (χ3v) is 6.84. The van der Waals surface area contributed by atoms with E-state index in [4.69, 9.17) is 11.6 Å². The molecule has 0 atom stereocenters. The molecule has 0 radical (unpaired) electrons. The Morgan fingerprint density at radius 3 is 2.27 bits per heavy atom. The Labute approximate surface area is 189 Å².